The van der Waals surface area contributed by atoms with Crippen molar-refractivity contribution in [1.82, 2.24) is 10.2 Å². The molecular formula is C20H28Cl2N2O4. The number of amides is 2. The molecule has 1 aliphatic rings. The van der Waals surface area contributed by atoms with Gasteiger partial charge in [0.2, 0.25) is 5.91 Å². The SMILES string of the molecule is CC(=O)NCCC1OC(C(C)(C)C)CN(C(=O)O)CC1c1ccc(Cl)c(Cl)c1. The molecule has 0 bridgehead atoms. The molecule has 3 atom stereocenters. The Kier molecular flexibility index (Phi) is 7.59. The second kappa shape index (κ2) is 9.33. The molecule has 1 aliphatic heterocycles. The molecule has 1 saturated heterocycles. The number of carboxylic acid groups (broad SMARTS) is 1. The molecule has 1 fully saturated rings. The van der Waals surface area contributed by atoms with E-state index in [2.05, 4.69) is 5.32 Å². The molecule has 1 heterocycles. The third-order valence-corrected chi connectivity index (χ3v) is 5.74. The lowest BCUT2D eigenvalue weighted by Gasteiger charge is -2.34. The number of nitrogens with one attached hydrogen (secondary N) is 1. The first kappa shape index (κ1) is 22.8. The fourth-order valence-corrected chi connectivity index (χ4v) is 3.64. The molecule has 0 spiro atoms. The van der Waals surface area contributed by atoms with Gasteiger partial charge in [-0.15, -0.1) is 0 Å². The van der Waals surface area contributed by atoms with Crippen molar-refractivity contribution in [3.8, 4) is 0 Å². The van der Waals surface area contributed by atoms with Crippen molar-refractivity contribution in [3.05, 3.63) is 33.8 Å². The molecule has 0 radical (unpaired) electrons. The number of carbonyl (C=O) groups is 2. The summed E-state index contributed by atoms with van der Waals surface area (Å²) < 4.78 is 6.44. The predicted octanol–water partition coefficient (Wildman–Crippen LogP) is 4.40. The van der Waals surface area contributed by atoms with E-state index >= 15 is 0 Å². The zero-order valence-electron chi connectivity index (χ0n) is 16.7. The summed E-state index contributed by atoms with van der Waals surface area (Å²) in [6.45, 7) is 8.57. The molecule has 3 unspecified atom stereocenters. The van der Waals surface area contributed by atoms with E-state index in [0.717, 1.165) is 5.56 Å². The van der Waals surface area contributed by atoms with E-state index < -0.39 is 6.09 Å². The average molecular weight is 431 g/mol. The Morgan fingerprint density at radius 1 is 1.25 bits per heavy atom. The maximum atomic E-state index is 11.9. The Morgan fingerprint density at radius 3 is 2.46 bits per heavy atom. The van der Waals surface area contributed by atoms with Gasteiger partial charge in [-0.25, -0.2) is 4.79 Å². The van der Waals surface area contributed by atoms with Gasteiger partial charge in [-0.2, -0.15) is 0 Å². The number of benzene rings is 1. The van der Waals surface area contributed by atoms with Crippen LogP contribution in [0.1, 0.15) is 45.6 Å². The van der Waals surface area contributed by atoms with E-state index in [-0.39, 0.29) is 42.5 Å². The van der Waals surface area contributed by atoms with E-state index in [1.54, 1.807) is 12.1 Å². The Labute approximate surface area is 176 Å². The fourth-order valence-electron chi connectivity index (χ4n) is 3.34. The van der Waals surface area contributed by atoms with Gasteiger partial charge in [0.1, 0.15) is 0 Å². The van der Waals surface area contributed by atoms with E-state index in [0.29, 0.717) is 23.0 Å². The summed E-state index contributed by atoms with van der Waals surface area (Å²) in [5.41, 5.74) is 0.620. The molecule has 156 valence electrons. The Bertz CT molecular complexity index is 721. The molecule has 1 aromatic rings. The van der Waals surface area contributed by atoms with Gasteiger partial charge in [-0.1, -0.05) is 50.0 Å². The number of rotatable bonds is 4. The number of halogens is 2. The van der Waals surface area contributed by atoms with Crippen LogP contribution in [0.15, 0.2) is 18.2 Å². The van der Waals surface area contributed by atoms with Crippen LogP contribution in [0.4, 0.5) is 4.79 Å². The van der Waals surface area contributed by atoms with E-state index in [1.165, 1.54) is 11.8 Å². The van der Waals surface area contributed by atoms with Crippen molar-refractivity contribution < 1.29 is 19.4 Å². The standard InChI is InChI=1S/C20H28Cl2N2O4/c1-12(25)23-8-7-17-14(13-5-6-15(21)16(22)9-13)10-24(19(26)27)11-18(28-17)20(2,3)4/h5-6,9,14,17-18H,7-8,10-11H2,1-4H3,(H,23,25)(H,26,27). The molecule has 0 aromatic heterocycles. The Morgan fingerprint density at radius 2 is 1.93 bits per heavy atom. The topological polar surface area (TPSA) is 78.9 Å². The second-order valence-corrected chi connectivity index (χ2v) is 9.08. The quantitative estimate of drug-likeness (QED) is 0.741. The molecule has 0 saturated carbocycles. The largest absolute Gasteiger partial charge is 0.465 e. The lowest BCUT2D eigenvalue weighted by Crippen LogP contribution is -2.42. The summed E-state index contributed by atoms with van der Waals surface area (Å²) in [5.74, 6) is -0.341. The van der Waals surface area contributed by atoms with Gasteiger partial charge in [0.05, 0.1) is 28.8 Å². The minimum Gasteiger partial charge on any atom is -0.465 e. The van der Waals surface area contributed by atoms with Gasteiger partial charge < -0.3 is 20.1 Å². The normalized spacial score (nSPS) is 23.2. The van der Waals surface area contributed by atoms with Gasteiger partial charge in [0.25, 0.3) is 0 Å². The molecule has 6 nitrogen and oxygen atoms in total. The summed E-state index contributed by atoms with van der Waals surface area (Å²) in [6, 6.07) is 5.33. The number of carbonyl (C=O) groups excluding carboxylic acids is 1. The average Bonchev–Trinajstić information content (AvgIpc) is 2.77. The maximum Gasteiger partial charge on any atom is 0.407 e. The summed E-state index contributed by atoms with van der Waals surface area (Å²) in [7, 11) is 0. The minimum absolute atomic E-state index is 0.112. The number of hydrogen-bond donors (Lipinski definition) is 2. The first-order valence-corrected chi connectivity index (χ1v) is 10.1. The van der Waals surface area contributed by atoms with Gasteiger partial charge in [0, 0.05) is 25.9 Å². The smallest absolute Gasteiger partial charge is 0.407 e. The summed E-state index contributed by atoms with van der Waals surface area (Å²) in [5, 5.41) is 13.4. The Hall–Kier alpha value is -1.50. The highest BCUT2D eigenvalue weighted by Crippen LogP contribution is 2.36. The summed E-state index contributed by atoms with van der Waals surface area (Å²) in [4.78, 5) is 24.5. The zero-order chi connectivity index (χ0) is 21.1. The van der Waals surface area contributed by atoms with Crippen LogP contribution in [0, 0.1) is 5.41 Å². The lowest BCUT2D eigenvalue weighted by atomic mass is 9.88. The lowest BCUT2D eigenvalue weighted by molar-refractivity contribution is -0.119. The molecule has 2 N–H and O–H groups in total. The van der Waals surface area contributed by atoms with Crippen molar-refractivity contribution in [1.29, 1.82) is 0 Å². The zero-order valence-corrected chi connectivity index (χ0v) is 18.2. The molecule has 28 heavy (non-hydrogen) atoms. The molecule has 2 rings (SSSR count). The van der Waals surface area contributed by atoms with Crippen molar-refractivity contribution in [2.75, 3.05) is 19.6 Å². The first-order valence-electron chi connectivity index (χ1n) is 9.31. The van der Waals surface area contributed by atoms with E-state index in [9.17, 15) is 14.7 Å². The van der Waals surface area contributed by atoms with Crippen LogP contribution in [-0.2, 0) is 9.53 Å². The highest BCUT2D eigenvalue weighted by atomic mass is 35.5. The molecule has 2 amide bonds. The van der Waals surface area contributed by atoms with Gasteiger partial charge in [0.15, 0.2) is 0 Å². The number of hydrogen-bond acceptors (Lipinski definition) is 3. The van der Waals surface area contributed by atoms with E-state index in [1.807, 2.05) is 26.8 Å². The molecule has 8 heteroatoms. The van der Waals surface area contributed by atoms with Gasteiger partial charge >= 0.3 is 6.09 Å². The van der Waals surface area contributed by atoms with Crippen LogP contribution in [0.25, 0.3) is 0 Å². The van der Waals surface area contributed by atoms with Crippen molar-refractivity contribution in [3.63, 3.8) is 0 Å². The minimum atomic E-state index is -0.981. The molecule has 1 aromatic carbocycles. The third-order valence-electron chi connectivity index (χ3n) is 5.00. The highest BCUT2D eigenvalue weighted by molar-refractivity contribution is 6.42. The third kappa shape index (κ3) is 6.00. The van der Waals surface area contributed by atoms with E-state index in [4.69, 9.17) is 27.9 Å². The van der Waals surface area contributed by atoms with Gasteiger partial charge in [-0.3, -0.25) is 4.79 Å². The monoisotopic (exact) mass is 430 g/mol. The van der Waals surface area contributed by atoms with Crippen LogP contribution in [0.3, 0.4) is 0 Å². The fraction of sp³-hybridized carbons (Fsp3) is 0.600. The van der Waals surface area contributed by atoms with Crippen molar-refractivity contribution >= 4 is 35.2 Å². The maximum absolute atomic E-state index is 11.9. The van der Waals surface area contributed by atoms with Crippen LogP contribution in [0.2, 0.25) is 10.0 Å². The van der Waals surface area contributed by atoms with Crippen molar-refractivity contribution in [2.24, 2.45) is 5.41 Å². The molecular weight excluding hydrogens is 403 g/mol. The van der Waals surface area contributed by atoms with Crippen LogP contribution >= 0.6 is 23.2 Å². The second-order valence-electron chi connectivity index (χ2n) is 8.27. The number of nitrogens with zero attached hydrogens (tertiary/aromatic N) is 1. The van der Waals surface area contributed by atoms with Gasteiger partial charge in [-0.05, 0) is 29.5 Å². The van der Waals surface area contributed by atoms with Crippen LogP contribution in [0.5, 0.6) is 0 Å². The van der Waals surface area contributed by atoms with Crippen LogP contribution < -0.4 is 5.32 Å². The highest BCUT2D eigenvalue weighted by Gasteiger charge is 2.39. The number of ether oxygens (including phenoxy) is 1. The first-order chi connectivity index (χ1) is 13.0. The van der Waals surface area contributed by atoms with Crippen molar-refractivity contribution in [2.45, 2.75) is 52.2 Å². The predicted molar refractivity (Wildman–Crippen MR) is 110 cm³/mol. The Balaban J connectivity index is 2.40. The summed E-state index contributed by atoms with van der Waals surface area (Å²) >= 11 is 12.3. The van der Waals surface area contributed by atoms with Crippen LogP contribution in [-0.4, -0.2) is 53.8 Å². The summed E-state index contributed by atoms with van der Waals surface area (Å²) in [6.07, 6.45) is -0.980. The molecule has 0 aliphatic carbocycles.